The van der Waals surface area contributed by atoms with Crippen LogP contribution in [-0.4, -0.2) is 26.1 Å². The van der Waals surface area contributed by atoms with Gasteiger partial charge in [-0.2, -0.15) is 0 Å². The molecule has 1 N–H and O–H groups in total. The molecule has 1 aromatic heterocycles. The fraction of sp³-hybridized carbons (Fsp3) is 0.615. The Labute approximate surface area is 132 Å². The molecule has 1 fully saturated rings. The molecule has 0 aliphatic heterocycles. The Morgan fingerprint density at radius 1 is 1.30 bits per heavy atom. The van der Waals surface area contributed by atoms with E-state index in [0.29, 0.717) is 0 Å². The van der Waals surface area contributed by atoms with Crippen LogP contribution in [0.25, 0.3) is 0 Å². The minimum absolute atomic E-state index is 0.0681. The van der Waals surface area contributed by atoms with Gasteiger partial charge >= 0.3 is 0 Å². The van der Waals surface area contributed by atoms with Crippen molar-refractivity contribution in [3.05, 3.63) is 20.8 Å². The third kappa shape index (κ3) is 5.18. The fourth-order valence-corrected chi connectivity index (χ4v) is 5.58. The van der Waals surface area contributed by atoms with Gasteiger partial charge in [0.25, 0.3) is 0 Å². The van der Waals surface area contributed by atoms with E-state index in [1.165, 1.54) is 17.8 Å². The Balaban J connectivity index is 1.85. The Morgan fingerprint density at radius 2 is 2.00 bits per heavy atom. The molecule has 4 nitrogen and oxygen atoms in total. The van der Waals surface area contributed by atoms with Crippen LogP contribution in [0.1, 0.15) is 37.0 Å². The van der Waals surface area contributed by atoms with E-state index in [9.17, 15) is 13.2 Å². The molecular formula is C13H18BrNO3S2. The van der Waals surface area contributed by atoms with Crippen molar-refractivity contribution in [3.8, 4) is 0 Å². The van der Waals surface area contributed by atoms with E-state index in [1.807, 2.05) is 6.07 Å². The lowest BCUT2D eigenvalue weighted by Crippen LogP contribution is -2.39. The zero-order valence-electron chi connectivity index (χ0n) is 11.1. The second kappa shape index (κ2) is 7.04. The SMILES string of the molecule is O=C(CS(=O)(=O)Cc1ccc(Br)s1)NC1CCCCC1. The van der Waals surface area contributed by atoms with Crippen LogP contribution < -0.4 is 5.32 Å². The first-order valence-corrected chi connectivity index (χ1v) is 10.1. The molecule has 7 heteroatoms. The molecule has 0 spiro atoms. The van der Waals surface area contributed by atoms with Gasteiger partial charge in [-0.1, -0.05) is 19.3 Å². The van der Waals surface area contributed by atoms with Crippen molar-refractivity contribution in [2.24, 2.45) is 0 Å². The van der Waals surface area contributed by atoms with Crippen molar-refractivity contribution >= 4 is 43.0 Å². The molecule has 0 unspecified atom stereocenters. The van der Waals surface area contributed by atoms with Crippen LogP contribution in [0.3, 0.4) is 0 Å². The highest BCUT2D eigenvalue weighted by molar-refractivity contribution is 9.11. The summed E-state index contributed by atoms with van der Waals surface area (Å²) in [6.07, 6.45) is 5.35. The standard InChI is InChI=1S/C13H18BrNO3S2/c14-12-7-6-11(19-12)8-20(17,18)9-13(16)15-10-4-2-1-3-5-10/h6-7,10H,1-5,8-9H2,(H,15,16). The fourth-order valence-electron chi connectivity index (χ4n) is 2.41. The molecule has 1 amide bonds. The second-order valence-corrected chi connectivity index (χ2v) is 9.75. The van der Waals surface area contributed by atoms with Crippen molar-refractivity contribution < 1.29 is 13.2 Å². The molecule has 1 heterocycles. The topological polar surface area (TPSA) is 63.2 Å². The van der Waals surface area contributed by atoms with Crippen molar-refractivity contribution in [2.45, 2.75) is 43.9 Å². The highest BCUT2D eigenvalue weighted by Gasteiger charge is 2.21. The first-order chi connectivity index (χ1) is 9.44. The van der Waals surface area contributed by atoms with Gasteiger partial charge in [0.2, 0.25) is 5.91 Å². The third-order valence-corrected chi connectivity index (χ3v) is 6.57. The minimum Gasteiger partial charge on any atom is -0.352 e. The molecule has 2 rings (SSSR count). The lowest BCUT2D eigenvalue weighted by atomic mass is 9.95. The number of thiophene rings is 1. The van der Waals surface area contributed by atoms with Gasteiger partial charge in [-0.05, 0) is 40.9 Å². The maximum Gasteiger partial charge on any atom is 0.235 e. The molecule has 1 saturated carbocycles. The Bertz CT molecular complexity index is 562. The van der Waals surface area contributed by atoms with Crippen LogP contribution in [0.4, 0.5) is 0 Å². The van der Waals surface area contributed by atoms with Crippen molar-refractivity contribution in [2.75, 3.05) is 5.75 Å². The molecule has 0 radical (unpaired) electrons. The van der Waals surface area contributed by atoms with Gasteiger partial charge in [0.1, 0.15) is 5.75 Å². The second-order valence-electron chi connectivity index (χ2n) is 5.14. The summed E-state index contributed by atoms with van der Waals surface area (Å²) in [5.74, 6) is -0.854. The predicted molar refractivity (Wildman–Crippen MR) is 84.5 cm³/mol. The van der Waals surface area contributed by atoms with E-state index < -0.39 is 15.6 Å². The van der Waals surface area contributed by atoms with Crippen molar-refractivity contribution in [3.63, 3.8) is 0 Å². The first kappa shape index (κ1) is 16.0. The van der Waals surface area contributed by atoms with Crippen LogP contribution in [0.5, 0.6) is 0 Å². The Hall–Kier alpha value is -0.400. The Morgan fingerprint density at radius 3 is 2.60 bits per heavy atom. The van der Waals surface area contributed by atoms with Crippen molar-refractivity contribution in [1.29, 1.82) is 0 Å². The number of hydrogen-bond donors (Lipinski definition) is 1. The zero-order chi connectivity index (χ0) is 14.6. The summed E-state index contributed by atoms with van der Waals surface area (Å²) in [5.41, 5.74) is 0. The average Bonchev–Trinajstić information content (AvgIpc) is 2.74. The van der Waals surface area contributed by atoms with E-state index in [2.05, 4.69) is 21.2 Å². The molecule has 1 aliphatic rings. The minimum atomic E-state index is -3.39. The van der Waals surface area contributed by atoms with Crippen molar-refractivity contribution in [1.82, 2.24) is 5.32 Å². The van der Waals surface area contributed by atoms with Crippen LogP contribution in [-0.2, 0) is 20.4 Å². The van der Waals surface area contributed by atoms with E-state index in [4.69, 9.17) is 0 Å². The van der Waals surface area contributed by atoms with Gasteiger partial charge < -0.3 is 5.32 Å². The molecule has 0 aromatic carbocycles. The maximum atomic E-state index is 12.0. The summed E-state index contributed by atoms with van der Waals surface area (Å²) in [6, 6.07) is 3.74. The number of carbonyl (C=O) groups is 1. The highest BCUT2D eigenvalue weighted by atomic mass is 79.9. The quantitative estimate of drug-likeness (QED) is 0.855. The number of nitrogens with one attached hydrogen (secondary N) is 1. The van der Waals surface area contributed by atoms with E-state index in [1.54, 1.807) is 6.07 Å². The van der Waals surface area contributed by atoms with Crippen LogP contribution in [0.15, 0.2) is 15.9 Å². The molecule has 20 heavy (non-hydrogen) atoms. The van der Waals surface area contributed by atoms with Crippen LogP contribution in [0.2, 0.25) is 0 Å². The number of halogens is 1. The smallest absolute Gasteiger partial charge is 0.235 e. The van der Waals surface area contributed by atoms with Gasteiger partial charge in [-0.15, -0.1) is 11.3 Å². The molecule has 1 aromatic rings. The molecule has 1 aliphatic carbocycles. The number of sulfone groups is 1. The molecule has 112 valence electrons. The third-order valence-electron chi connectivity index (χ3n) is 3.31. The van der Waals surface area contributed by atoms with Gasteiger partial charge in [0, 0.05) is 10.9 Å². The number of hydrogen-bond acceptors (Lipinski definition) is 4. The van der Waals surface area contributed by atoms with Crippen LogP contribution >= 0.6 is 27.3 Å². The molecular weight excluding hydrogens is 362 g/mol. The molecule has 0 atom stereocenters. The summed E-state index contributed by atoms with van der Waals surface area (Å²) in [5, 5.41) is 2.84. The lowest BCUT2D eigenvalue weighted by molar-refractivity contribution is -0.119. The summed E-state index contributed by atoms with van der Waals surface area (Å²) in [4.78, 5) is 12.6. The van der Waals surface area contributed by atoms with E-state index in [0.717, 1.165) is 34.3 Å². The summed E-state index contributed by atoms with van der Waals surface area (Å²) in [7, 11) is -3.39. The lowest BCUT2D eigenvalue weighted by Gasteiger charge is -2.22. The number of carbonyl (C=O) groups excluding carboxylic acids is 1. The van der Waals surface area contributed by atoms with E-state index in [-0.39, 0.29) is 17.7 Å². The first-order valence-electron chi connectivity index (χ1n) is 6.69. The van der Waals surface area contributed by atoms with Gasteiger partial charge in [0.05, 0.1) is 9.54 Å². The summed E-state index contributed by atoms with van der Waals surface area (Å²) in [6.45, 7) is 0. The van der Waals surface area contributed by atoms with Gasteiger partial charge in [0.15, 0.2) is 9.84 Å². The van der Waals surface area contributed by atoms with Crippen LogP contribution in [0, 0.1) is 0 Å². The van der Waals surface area contributed by atoms with E-state index >= 15 is 0 Å². The monoisotopic (exact) mass is 379 g/mol. The molecule has 0 saturated heterocycles. The largest absolute Gasteiger partial charge is 0.352 e. The molecule has 0 bridgehead atoms. The zero-order valence-corrected chi connectivity index (χ0v) is 14.3. The number of rotatable bonds is 5. The normalized spacial score (nSPS) is 17.1. The average molecular weight is 380 g/mol. The summed E-state index contributed by atoms with van der Waals surface area (Å²) >= 11 is 4.68. The number of amides is 1. The summed E-state index contributed by atoms with van der Waals surface area (Å²) < 4.78 is 24.9. The maximum absolute atomic E-state index is 12.0. The predicted octanol–water partition coefficient (Wildman–Crippen LogP) is 2.87. The highest BCUT2D eigenvalue weighted by Crippen LogP contribution is 2.24. The van der Waals surface area contributed by atoms with Gasteiger partial charge in [-0.3, -0.25) is 4.79 Å². The van der Waals surface area contributed by atoms with Gasteiger partial charge in [-0.25, -0.2) is 8.42 Å². The Kier molecular flexibility index (Phi) is 5.63.